The molecule has 1 saturated heterocycles. The Labute approximate surface area is 99.6 Å². The predicted octanol–water partition coefficient (Wildman–Crippen LogP) is 0.664. The molecule has 0 aromatic carbocycles. The summed E-state index contributed by atoms with van der Waals surface area (Å²) < 4.78 is 1.73. The summed E-state index contributed by atoms with van der Waals surface area (Å²) in [5.41, 5.74) is 0.358. The number of piperidine rings is 1. The zero-order valence-corrected chi connectivity index (χ0v) is 9.87. The second kappa shape index (κ2) is 5.07. The molecule has 1 aromatic heterocycles. The summed E-state index contributed by atoms with van der Waals surface area (Å²) >= 11 is 0. The van der Waals surface area contributed by atoms with Gasteiger partial charge in [0.25, 0.3) is 0 Å². The quantitative estimate of drug-likeness (QED) is 0.723. The van der Waals surface area contributed by atoms with Crippen LogP contribution < -0.4 is 0 Å². The molecule has 1 fully saturated rings. The Balaban J connectivity index is 1.94. The van der Waals surface area contributed by atoms with E-state index >= 15 is 0 Å². The Hall–Kier alpha value is -1.72. The molecule has 2 rings (SSSR count). The normalized spacial score (nSPS) is 17.1. The van der Waals surface area contributed by atoms with Gasteiger partial charge in [-0.3, -0.25) is 9.59 Å². The van der Waals surface area contributed by atoms with Gasteiger partial charge in [-0.05, 0) is 12.8 Å². The fourth-order valence-electron chi connectivity index (χ4n) is 2.13. The number of likely N-dealkylation sites (tertiary alicyclic amines) is 1. The van der Waals surface area contributed by atoms with Crippen molar-refractivity contribution in [1.82, 2.24) is 19.9 Å². The van der Waals surface area contributed by atoms with Gasteiger partial charge in [-0.2, -0.15) is 0 Å². The Morgan fingerprint density at radius 3 is 2.76 bits per heavy atom. The first-order valence-electron chi connectivity index (χ1n) is 5.89. The van der Waals surface area contributed by atoms with Crippen molar-refractivity contribution in [3.8, 4) is 0 Å². The van der Waals surface area contributed by atoms with Crippen LogP contribution in [-0.2, 0) is 4.79 Å². The minimum absolute atomic E-state index is 0.204. The van der Waals surface area contributed by atoms with Crippen molar-refractivity contribution < 1.29 is 9.59 Å². The third-order valence-corrected chi connectivity index (χ3v) is 3.14. The molecule has 0 bridgehead atoms. The summed E-state index contributed by atoms with van der Waals surface area (Å²) in [6.45, 7) is 3.39. The number of rotatable bonds is 3. The van der Waals surface area contributed by atoms with E-state index in [9.17, 15) is 9.59 Å². The van der Waals surface area contributed by atoms with E-state index in [1.165, 1.54) is 0 Å². The van der Waals surface area contributed by atoms with Crippen molar-refractivity contribution >= 4 is 12.2 Å². The number of aldehydes is 1. The number of carbonyl (C=O) groups excluding carboxylic acids is 2. The highest BCUT2D eigenvalue weighted by Crippen LogP contribution is 2.21. The van der Waals surface area contributed by atoms with Crippen LogP contribution in [0.25, 0.3) is 0 Å². The lowest BCUT2D eigenvalue weighted by molar-refractivity contribution is -0.132. The Morgan fingerprint density at radius 1 is 1.53 bits per heavy atom. The molecule has 0 aliphatic carbocycles. The Morgan fingerprint density at radius 2 is 2.24 bits per heavy atom. The van der Waals surface area contributed by atoms with E-state index in [1.54, 1.807) is 10.9 Å². The maximum absolute atomic E-state index is 11.5. The first-order chi connectivity index (χ1) is 8.24. The van der Waals surface area contributed by atoms with Crippen molar-refractivity contribution in [2.75, 3.05) is 13.1 Å². The monoisotopic (exact) mass is 236 g/mol. The summed E-state index contributed by atoms with van der Waals surface area (Å²) in [5, 5.41) is 7.68. The predicted molar refractivity (Wildman–Crippen MR) is 60.6 cm³/mol. The minimum Gasteiger partial charge on any atom is -0.343 e. The highest BCUT2D eigenvalue weighted by atomic mass is 16.2. The molecule has 6 nitrogen and oxygen atoms in total. The van der Waals surface area contributed by atoms with Gasteiger partial charge in [-0.15, -0.1) is 5.10 Å². The standard InChI is InChI=1S/C11H16N4O2/c1-2-11(17)14-5-3-10(4-6-14)15-7-9(8-16)12-13-15/h7-8,10H,2-6H2,1H3. The molecule has 92 valence electrons. The van der Waals surface area contributed by atoms with E-state index in [1.807, 2.05) is 11.8 Å². The fourth-order valence-corrected chi connectivity index (χ4v) is 2.13. The first-order valence-corrected chi connectivity index (χ1v) is 5.89. The molecule has 1 aliphatic heterocycles. The van der Waals surface area contributed by atoms with Crippen LogP contribution >= 0.6 is 0 Å². The summed E-state index contributed by atoms with van der Waals surface area (Å²) in [7, 11) is 0. The lowest BCUT2D eigenvalue weighted by Crippen LogP contribution is -2.38. The third kappa shape index (κ3) is 2.51. The lowest BCUT2D eigenvalue weighted by Gasteiger charge is -2.31. The molecular weight excluding hydrogens is 220 g/mol. The fraction of sp³-hybridized carbons (Fsp3) is 0.636. The molecule has 1 amide bonds. The molecule has 2 heterocycles. The average Bonchev–Trinajstić information content (AvgIpc) is 2.87. The summed E-state index contributed by atoms with van der Waals surface area (Å²) in [4.78, 5) is 23.9. The van der Waals surface area contributed by atoms with Gasteiger partial charge in [-0.1, -0.05) is 12.1 Å². The molecule has 0 saturated carbocycles. The van der Waals surface area contributed by atoms with Crippen molar-refractivity contribution in [1.29, 1.82) is 0 Å². The number of hydrogen-bond acceptors (Lipinski definition) is 4. The zero-order valence-electron chi connectivity index (χ0n) is 9.87. The number of aromatic nitrogens is 3. The summed E-state index contributed by atoms with van der Waals surface area (Å²) in [6, 6.07) is 0.247. The Bertz CT molecular complexity index is 407. The van der Waals surface area contributed by atoms with E-state index in [-0.39, 0.29) is 11.9 Å². The molecule has 0 unspecified atom stereocenters. The highest BCUT2D eigenvalue weighted by Gasteiger charge is 2.23. The molecule has 1 aromatic rings. The smallest absolute Gasteiger partial charge is 0.222 e. The second-order valence-corrected chi connectivity index (χ2v) is 4.21. The molecular formula is C11H16N4O2. The Kier molecular flexibility index (Phi) is 3.51. The van der Waals surface area contributed by atoms with E-state index in [4.69, 9.17) is 0 Å². The molecule has 6 heteroatoms. The van der Waals surface area contributed by atoms with Crippen molar-refractivity contribution in [2.45, 2.75) is 32.2 Å². The molecule has 0 atom stereocenters. The van der Waals surface area contributed by atoms with Crippen LogP contribution in [0, 0.1) is 0 Å². The summed E-state index contributed by atoms with van der Waals surface area (Å²) in [5.74, 6) is 0.204. The van der Waals surface area contributed by atoms with Gasteiger partial charge in [0.2, 0.25) is 5.91 Å². The van der Waals surface area contributed by atoms with Gasteiger partial charge in [0.1, 0.15) is 5.69 Å². The minimum atomic E-state index is 0.204. The van der Waals surface area contributed by atoms with Gasteiger partial charge in [-0.25, -0.2) is 4.68 Å². The molecule has 0 radical (unpaired) electrons. The number of hydrogen-bond donors (Lipinski definition) is 0. The molecule has 1 aliphatic rings. The van der Waals surface area contributed by atoms with Crippen LogP contribution in [-0.4, -0.2) is 45.2 Å². The number of carbonyl (C=O) groups is 2. The van der Waals surface area contributed by atoms with Crippen molar-refractivity contribution in [3.63, 3.8) is 0 Å². The third-order valence-electron chi connectivity index (χ3n) is 3.14. The number of amides is 1. The van der Waals surface area contributed by atoms with Crippen LogP contribution in [0.4, 0.5) is 0 Å². The first kappa shape index (κ1) is 11.8. The van der Waals surface area contributed by atoms with Crippen LogP contribution in [0.2, 0.25) is 0 Å². The van der Waals surface area contributed by atoms with Crippen LogP contribution in [0.1, 0.15) is 42.7 Å². The van der Waals surface area contributed by atoms with E-state index in [0.29, 0.717) is 18.4 Å². The molecule has 0 N–H and O–H groups in total. The van der Waals surface area contributed by atoms with Crippen molar-refractivity contribution in [3.05, 3.63) is 11.9 Å². The second-order valence-electron chi connectivity index (χ2n) is 4.21. The van der Waals surface area contributed by atoms with Crippen LogP contribution in [0.15, 0.2) is 6.20 Å². The van der Waals surface area contributed by atoms with Crippen molar-refractivity contribution in [2.24, 2.45) is 0 Å². The maximum atomic E-state index is 11.5. The number of nitrogens with zero attached hydrogens (tertiary/aromatic N) is 4. The average molecular weight is 236 g/mol. The topological polar surface area (TPSA) is 68.1 Å². The highest BCUT2D eigenvalue weighted by molar-refractivity contribution is 5.75. The van der Waals surface area contributed by atoms with E-state index < -0.39 is 0 Å². The van der Waals surface area contributed by atoms with Crippen LogP contribution in [0.5, 0.6) is 0 Å². The van der Waals surface area contributed by atoms with E-state index in [2.05, 4.69) is 10.3 Å². The molecule has 17 heavy (non-hydrogen) atoms. The molecule has 0 spiro atoms. The SMILES string of the molecule is CCC(=O)N1CCC(n2cc(C=O)nn2)CC1. The largest absolute Gasteiger partial charge is 0.343 e. The maximum Gasteiger partial charge on any atom is 0.222 e. The van der Waals surface area contributed by atoms with Gasteiger partial charge < -0.3 is 4.90 Å². The van der Waals surface area contributed by atoms with E-state index in [0.717, 1.165) is 25.9 Å². The van der Waals surface area contributed by atoms with Gasteiger partial charge in [0.15, 0.2) is 6.29 Å². The lowest BCUT2D eigenvalue weighted by atomic mass is 10.1. The van der Waals surface area contributed by atoms with Crippen LogP contribution in [0.3, 0.4) is 0 Å². The van der Waals surface area contributed by atoms with Gasteiger partial charge in [0.05, 0.1) is 12.2 Å². The summed E-state index contributed by atoms with van der Waals surface area (Å²) in [6.07, 6.45) is 4.65. The van der Waals surface area contributed by atoms with Gasteiger partial charge in [0, 0.05) is 19.5 Å². The zero-order chi connectivity index (χ0) is 12.3. The van der Waals surface area contributed by atoms with Gasteiger partial charge >= 0.3 is 0 Å².